The summed E-state index contributed by atoms with van der Waals surface area (Å²) in [5.41, 5.74) is -0.663. The highest BCUT2D eigenvalue weighted by Gasteiger charge is 2.36. The number of benzene rings is 1. The van der Waals surface area contributed by atoms with Gasteiger partial charge in [0.25, 0.3) is 0 Å². The van der Waals surface area contributed by atoms with Gasteiger partial charge in [-0.15, -0.1) is 0 Å². The van der Waals surface area contributed by atoms with Crippen molar-refractivity contribution >= 4 is 17.5 Å². The van der Waals surface area contributed by atoms with Crippen LogP contribution >= 0.6 is 0 Å². The Morgan fingerprint density at radius 1 is 1.21 bits per heavy atom. The van der Waals surface area contributed by atoms with E-state index in [1.807, 2.05) is 30.9 Å². The molecule has 0 N–H and O–H groups in total. The van der Waals surface area contributed by atoms with Gasteiger partial charge in [0, 0.05) is 52.2 Å². The second-order valence-electron chi connectivity index (χ2n) is 7.30. The number of anilines is 3. The Balaban J connectivity index is 1.86. The van der Waals surface area contributed by atoms with Crippen LogP contribution in [0.15, 0.2) is 30.5 Å². The molecule has 154 valence electrons. The number of nitriles is 1. The first-order valence-corrected chi connectivity index (χ1v) is 9.30. The molecule has 0 amide bonds. The molecule has 1 fully saturated rings. The van der Waals surface area contributed by atoms with E-state index < -0.39 is 11.7 Å². The first-order chi connectivity index (χ1) is 13.7. The van der Waals surface area contributed by atoms with Crippen LogP contribution < -0.4 is 14.7 Å². The maximum absolute atomic E-state index is 13.6. The van der Waals surface area contributed by atoms with Crippen LogP contribution in [0.25, 0.3) is 0 Å². The number of nitrogens with zero attached hydrogens (tertiary/aromatic N) is 6. The number of likely N-dealkylation sites (N-methyl/N-ethyl adjacent to an activating group) is 1. The standard InChI is InChI=1S/C20H23F3N6/c1-27(2)18-8-9-25-19(26-18)28(3)15-5-4-10-29(13-15)17-7-6-14(12-24)11-16(17)20(21,22)23/h6-9,11,15H,4-5,10,13H2,1-3H3. The van der Waals surface area contributed by atoms with Crippen LogP contribution in [-0.4, -0.2) is 50.2 Å². The Morgan fingerprint density at radius 3 is 2.62 bits per heavy atom. The van der Waals surface area contributed by atoms with E-state index in [2.05, 4.69) is 9.97 Å². The van der Waals surface area contributed by atoms with Gasteiger partial charge in [-0.1, -0.05) is 0 Å². The summed E-state index contributed by atoms with van der Waals surface area (Å²) in [7, 11) is 5.64. The molecule has 1 aromatic heterocycles. The van der Waals surface area contributed by atoms with E-state index in [1.54, 1.807) is 23.2 Å². The number of rotatable bonds is 4. The lowest BCUT2D eigenvalue weighted by molar-refractivity contribution is -0.137. The summed E-state index contributed by atoms with van der Waals surface area (Å²) >= 11 is 0. The number of aromatic nitrogens is 2. The predicted octanol–water partition coefficient (Wildman–Crippen LogP) is 3.54. The van der Waals surface area contributed by atoms with Crippen molar-refractivity contribution in [3.63, 3.8) is 0 Å². The van der Waals surface area contributed by atoms with Gasteiger partial charge in [0.15, 0.2) is 0 Å². The van der Waals surface area contributed by atoms with Crippen LogP contribution in [0.2, 0.25) is 0 Å². The largest absolute Gasteiger partial charge is 0.418 e. The topological polar surface area (TPSA) is 59.3 Å². The van der Waals surface area contributed by atoms with E-state index in [1.165, 1.54) is 12.1 Å². The monoisotopic (exact) mass is 404 g/mol. The van der Waals surface area contributed by atoms with Gasteiger partial charge in [0.05, 0.1) is 17.2 Å². The van der Waals surface area contributed by atoms with Crippen molar-refractivity contribution in [2.75, 3.05) is 48.9 Å². The average Bonchev–Trinajstić information content (AvgIpc) is 2.72. The molecule has 0 radical (unpaired) electrons. The van der Waals surface area contributed by atoms with Crippen LogP contribution in [0.5, 0.6) is 0 Å². The van der Waals surface area contributed by atoms with Crippen molar-refractivity contribution in [2.45, 2.75) is 25.1 Å². The van der Waals surface area contributed by atoms with Gasteiger partial charge >= 0.3 is 6.18 Å². The van der Waals surface area contributed by atoms with E-state index in [9.17, 15) is 13.2 Å². The SMILES string of the molecule is CN(C)c1ccnc(N(C)C2CCCN(c3ccc(C#N)cc3C(F)(F)F)C2)n1. The van der Waals surface area contributed by atoms with E-state index in [-0.39, 0.29) is 17.3 Å². The lowest BCUT2D eigenvalue weighted by atomic mass is 10.0. The molecule has 0 spiro atoms. The first-order valence-electron chi connectivity index (χ1n) is 9.30. The van der Waals surface area contributed by atoms with Gasteiger partial charge in [-0.05, 0) is 37.1 Å². The molecule has 3 rings (SSSR count). The summed E-state index contributed by atoms with van der Waals surface area (Å²) in [6.07, 6.45) is -1.26. The summed E-state index contributed by atoms with van der Waals surface area (Å²) in [5.74, 6) is 1.31. The summed E-state index contributed by atoms with van der Waals surface area (Å²) < 4.78 is 40.8. The third-order valence-electron chi connectivity index (χ3n) is 5.12. The summed E-state index contributed by atoms with van der Waals surface area (Å²) in [5, 5.41) is 8.98. The van der Waals surface area contributed by atoms with Gasteiger partial charge in [-0.2, -0.15) is 23.4 Å². The molecule has 1 aliphatic rings. The third kappa shape index (κ3) is 4.53. The van der Waals surface area contributed by atoms with Crippen LogP contribution in [-0.2, 0) is 6.18 Å². The predicted molar refractivity (Wildman–Crippen MR) is 106 cm³/mol. The Kier molecular flexibility index (Phi) is 5.82. The highest BCUT2D eigenvalue weighted by Crippen LogP contribution is 2.38. The molecule has 2 aromatic rings. The molecule has 0 saturated carbocycles. The Morgan fingerprint density at radius 2 is 1.97 bits per heavy atom. The Hall–Kier alpha value is -3.02. The Labute approximate surface area is 168 Å². The van der Waals surface area contributed by atoms with Crippen molar-refractivity contribution in [1.29, 1.82) is 5.26 Å². The number of hydrogen-bond acceptors (Lipinski definition) is 6. The first kappa shape index (κ1) is 20.7. The van der Waals surface area contributed by atoms with Crippen molar-refractivity contribution in [1.82, 2.24) is 9.97 Å². The maximum atomic E-state index is 13.6. The van der Waals surface area contributed by atoms with E-state index in [0.717, 1.165) is 24.7 Å². The molecule has 6 nitrogen and oxygen atoms in total. The fraction of sp³-hybridized carbons (Fsp3) is 0.450. The zero-order valence-corrected chi connectivity index (χ0v) is 16.6. The highest BCUT2D eigenvalue weighted by molar-refractivity contribution is 5.59. The Bertz CT molecular complexity index is 906. The molecular formula is C20H23F3N6. The summed E-state index contributed by atoms with van der Waals surface area (Å²) in [4.78, 5) is 14.4. The minimum Gasteiger partial charge on any atom is -0.369 e. The highest BCUT2D eigenvalue weighted by atomic mass is 19.4. The zero-order valence-electron chi connectivity index (χ0n) is 16.6. The van der Waals surface area contributed by atoms with Crippen molar-refractivity contribution in [2.24, 2.45) is 0 Å². The molecule has 9 heteroatoms. The van der Waals surface area contributed by atoms with Crippen LogP contribution in [0.3, 0.4) is 0 Å². The second kappa shape index (κ2) is 8.15. The molecule has 1 saturated heterocycles. The minimum absolute atomic E-state index is 0.000605. The fourth-order valence-electron chi connectivity index (χ4n) is 3.52. The normalized spacial score (nSPS) is 17.0. The van der Waals surface area contributed by atoms with Crippen molar-refractivity contribution < 1.29 is 13.2 Å². The molecule has 2 heterocycles. The lowest BCUT2D eigenvalue weighted by Gasteiger charge is -2.39. The van der Waals surface area contributed by atoms with Crippen LogP contribution in [0, 0.1) is 11.3 Å². The van der Waals surface area contributed by atoms with E-state index >= 15 is 0 Å². The molecule has 0 bridgehead atoms. The molecule has 29 heavy (non-hydrogen) atoms. The van der Waals surface area contributed by atoms with Crippen molar-refractivity contribution in [3.8, 4) is 6.07 Å². The number of hydrogen-bond donors (Lipinski definition) is 0. The second-order valence-corrected chi connectivity index (χ2v) is 7.30. The maximum Gasteiger partial charge on any atom is 0.418 e. The number of halogens is 3. The van der Waals surface area contributed by atoms with Gasteiger partial charge < -0.3 is 14.7 Å². The number of alkyl halides is 3. The molecular weight excluding hydrogens is 381 g/mol. The van der Waals surface area contributed by atoms with E-state index in [0.29, 0.717) is 19.0 Å². The van der Waals surface area contributed by atoms with Gasteiger partial charge in [-0.25, -0.2) is 4.98 Å². The summed E-state index contributed by atoms with van der Waals surface area (Å²) in [6.45, 7) is 0.943. The molecule has 1 atom stereocenters. The fourth-order valence-corrected chi connectivity index (χ4v) is 3.52. The summed E-state index contributed by atoms with van der Waals surface area (Å²) in [6, 6.07) is 7.31. The van der Waals surface area contributed by atoms with E-state index in [4.69, 9.17) is 5.26 Å². The molecule has 1 aromatic carbocycles. The number of piperidine rings is 1. The molecule has 1 aliphatic heterocycles. The molecule has 0 aliphatic carbocycles. The minimum atomic E-state index is -4.52. The van der Waals surface area contributed by atoms with Crippen molar-refractivity contribution in [3.05, 3.63) is 41.6 Å². The smallest absolute Gasteiger partial charge is 0.369 e. The zero-order chi connectivity index (χ0) is 21.2. The lowest BCUT2D eigenvalue weighted by Crippen LogP contribution is -2.47. The van der Waals surface area contributed by atoms with Crippen LogP contribution in [0.4, 0.5) is 30.6 Å². The molecule has 1 unspecified atom stereocenters. The third-order valence-corrected chi connectivity index (χ3v) is 5.12. The van der Waals surface area contributed by atoms with Gasteiger partial charge in [0.1, 0.15) is 5.82 Å². The quantitative estimate of drug-likeness (QED) is 0.777. The average molecular weight is 404 g/mol. The van der Waals surface area contributed by atoms with Gasteiger partial charge in [0.2, 0.25) is 5.95 Å². The van der Waals surface area contributed by atoms with Gasteiger partial charge in [-0.3, -0.25) is 0 Å². The van der Waals surface area contributed by atoms with Crippen LogP contribution in [0.1, 0.15) is 24.0 Å².